The van der Waals surface area contributed by atoms with Gasteiger partial charge in [-0.05, 0) is 29.8 Å². The van der Waals surface area contributed by atoms with Gasteiger partial charge in [0, 0.05) is 56.7 Å². The van der Waals surface area contributed by atoms with E-state index in [4.69, 9.17) is 19.4 Å². The van der Waals surface area contributed by atoms with Gasteiger partial charge in [0.2, 0.25) is 0 Å². The SMILES string of the molecule is COc1cc2nc(-n3cc(-c4ccc([S+]=O)cc4)cn3)nc(-c3cccc4cccnc34)c2cc1OC. The molecule has 0 aliphatic heterocycles. The molecule has 0 saturated carbocycles. The van der Waals surface area contributed by atoms with Crippen LogP contribution >= 0.6 is 0 Å². The van der Waals surface area contributed by atoms with Gasteiger partial charge in [0.05, 0.1) is 37.1 Å². The molecule has 0 radical (unpaired) electrons. The summed E-state index contributed by atoms with van der Waals surface area (Å²) in [5.41, 5.74) is 4.92. The predicted octanol–water partition coefficient (Wildman–Crippen LogP) is 5.50. The lowest BCUT2D eigenvalue weighted by Gasteiger charge is -2.14. The number of para-hydroxylation sites is 1. The van der Waals surface area contributed by atoms with Gasteiger partial charge >= 0.3 is 11.7 Å². The van der Waals surface area contributed by atoms with Crippen molar-refractivity contribution in [3.8, 4) is 39.8 Å². The Morgan fingerprint density at radius 3 is 2.43 bits per heavy atom. The fourth-order valence-corrected chi connectivity index (χ4v) is 4.58. The van der Waals surface area contributed by atoms with E-state index >= 15 is 0 Å². The van der Waals surface area contributed by atoms with Gasteiger partial charge in [-0.25, -0.2) is 14.6 Å². The molecule has 3 aromatic carbocycles. The monoisotopic (exact) mass is 506 g/mol. The van der Waals surface area contributed by atoms with Crippen LogP contribution in [-0.2, 0) is 15.9 Å². The van der Waals surface area contributed by atoms with Gasteiger partial charge in [-0.2, -0.15) is 5.10 Å². The lowest BCUT2D eigenvalue weighted by molar-refractivity contribution is 0.356. The number of rotatable bonds is 6. The third-order valence-corrected chi connectivity index (χ3v) is 6.61. The van der Waals surface area contributed by atoms with Crippen LogP contribution in [0.15, 0.2) is 90.2 Å². The highest BCUT2D eigenvalue weighted by molar-refractivity contribution is 7.65. The van der Waals surface area contributed by atoms with Crippen molar-refractivity contribution in [1.82, 2.24) is 24.7 Å². The maximum Gasteiger partial charge on any atom is 0.505 e. The fraction of sp³-hybridized carbons (Fsp3) is 0.0714. The molecular formula is C28H20N5O3S+. The van der Waals surface area contributed by atoms with Crippen LogP contribution in [0.3, 0.4) is 0 Å². The Labute approximate surface area is 216 Å². The average molecular weight is 507 g/mol. The summed E-state index contributed by atoms with van der Waals surface area (Å²) in [6.07, 6.45) is 5.39. The molecule has 0 saturated heterocycles. The van der Waals surface area contributed by atoms with Gasteiger partial charge in [-0.3, -0.25) is 4.98 Å². The first-order valence-corrected chi connectivity index (χ1v) is 12.2. The van der Waals surface area contributed by atoms with E-state index in [9.17, 15) is 4.21 Å². The Bertz CT molecular complexity index is 1780. The molecule has 6 aromatic rings. The van der Waals surface area contributed by atoms with Crippen LogP contribution < -0.4 is 9.47 Å². The van der Waals surface area contributed by atoms with E-state index in [1.54, 1.807) is 43.4 Å². The highest BCUT2D eigenvalue weighted by Gasteiger charge is 2.18. The summed E-state index contributed by atoms with van der Waals surface area (Å²) in [6, 6.07) is 21.1. The molecule has 0 aliphatic rings. The maximum atomic E-state index is 11.1. The summed E-state index contributed by atoms with van der Waals surface area (Å²) in [7, 11) is 3.20. The van der Waals surface area contributed by atoms with E-state index in [-0.39, 0.29) is 0 Å². The number of fused-ring (bicyclic) bond motifs is 2. The van der Waals surface area contributed by atoms with Crippen molar-refractivity contribution in [3.05, 3.63) is 85.3 Å². The molecule has 0 fully saturated rings. The molecule has 8 nitrogen and oxygen atoms in total. The van der Waals surface area contributed by atoms with Gasteiger partial charge in [0.1, 0.15) is 0 Å². The Morgan fingerprint density at radius 2 is 1.65 bits per heavy atom. The third kappa shape index (κ3) is 4.05. The van der Waals surface area contributed by atoms with E-state index in [2.05, 4.69) is 10.1 Å². The van der Waals surface area contributed by atoms with E-state index < -0.39 is 0 Å². The molecule has 180 valence electrons. The first kappa shape index (κ1) is 22.7. The molecule has 3 heterocycles. The Morgan fingerprint density at radius 1 is 0.865 bits per heavy atom. The minimum atomic E-state index is 0.403. The summed E-state index contributed by atoms with van der Waals surface area (Å²) >= 11 is 0.466. The second kappa shape index (κ2) is 9.36. The molecular weight excluding hydrogens is 486 g/mol. The molecule has 0 amide bonds. The van der Waals surface area contributed by atoms with Gasteiger partial charge in [0.25, 0.3) is 10.8 Å². The van der Waals surface area contributed by atoms with Crippen molar-refractivity contribution in [2.45, 2.75) is 4.90 Å². The van der Waals surface area contributed by atoms with Crippen LogP contribution in [0.4, 0.5) is 0 Å². The number of hydrogen-bond donors (Lipinski definition) is 0. The Hall–Kier alpha value is -4.76. The number of methoxy groups -OCH3 is 2. The second-order valence-electron chi connectivity index (χ2n) is 8.26. The highest BCUT2D eigenvalue weighted by atomic mass is 32.1. The molecule has 0 atom stereocenters. The van der Waals surface area contributed by atoms with Crippen molar-refractivity contribution in [2.75, 3.05) is 14.2 Å². The maximum absolute atomic E-state index is 11.1. The number of nitrogens with zero attached hydrogens (tertiary/aromatic N) is 5. The summed E-state index contributed by atoms with van der Waals surface area (Å²) in [5, 5.41) is 6.35. The molecule has 9 heteroatoms. The van der Waals surface area contributed by atoms with E-state index in [0.29, 0.717) is 45.2 Å². The number of pyridine rings is 1. The zero-order valence-corrected chi connectivity index (χ0v) is 20.8. The first-order valence-electron chi connectivity index (χ1n) is 11.4. The quantitative estimate of drug-likeness (QED) is 0.275. The zero-order valence-electron chi connectivity index (χ0n) is 20.0. The van der Waals surface area contributed by atoms with Crippen LogP contribution in [0.2, 0.25) is 0 Å². The molecule has 37 heavy (non-hydrogen) atoms. The van der Waals surface area contributed by atoms with Crippen LogP contribution in [0.5, 0.6) is 11.5 Å². The minimum Gasteiger partial charge on any atom is -0.493 e. The lowest BCUT2D eigenvalue weighted by atomic mass is 10.0. The Kier molecular flexibility index (Phi) is 5.74. The van der Waals surface area contributed by atoms with Crippen molar-refractivity contribution >= 4 is 33.5 Å². The summed E-state index contributed by atoms with van der Waals surface area (Å²) < 4.78 is 23.8. The standard InChI is InChI=1S/C28H20N5O3S/c1-35-24-13-22-23(14-25(24)36-2)31-28(32-27(22)21-7-3-5-18-6-4-12-29-26(18)21)33-16-19(15-30-33)17-8-10-20(37-34)11-9-17/h3-16H,1-2H3/q+1. The summed E-state index contributed by atoms with van der Waals surface area (Å²) in [5.74, 6) is 1.56. The topological polar surface area (TPSA) is 92.0 Å². The predicted molar refractivity (Wildman–Crippen MR) is 142 cm³/mol. The second-order valence-corrected chi connectivity index (χ2v) is 8.90. The van der Waals surface area contributed by atoms with Crippen LogP contribution in [0, 0.1) is 0 Å². The smallest absolute Gasteiger partial charge is 0.493 e. The summed E-state index contributed by atoms with van der Waals surface area (Å²) in [4.78, 5) is 15.1. The molecule has 0 unspecified atom stereocenters. The molecule has 3 aromatic heterocycles. The van der Waals surface area contributed by atoms with Crippen molar-refractivity contribution in [1.29, 1.82) is 0 Å². The van der Waals surface area contributed by atoms with Gasteiger partial charge in [0.15, 0.2) is 11.5 Å². The molecule has 0 spiro atoms. The van der Waals surface area contributed by atoms with E-state index in [0.717, 1.165) is 33.0 Å². The minimum absolute atomic E-state index is 0.403. The lowest BCUT2D eigenvalue weighted by Crippen LogP contribution is -2.04. The number of ether oxygens (including phenoxy) is 2. The van der Waals surface area contributed by atoms with Crippen LogP contribution in [0.1, 0.15) is 0 Å². The fourth-order valence-electron chi connectivity index (χ4n) is 4.33. The normalized spacial score (nSPS) is 11.1. The third-order valence-electron chi connectivity index (χ3n) is 6.15. The Balaban J connectivity index is 1.57. The molecule has 0 aliphatic carbocycles. The number of aromatic nitrogens is 5. The van der Waals surface area contributed by atoms with Gasteiger partial charge in [-0.1, -0.05) is 24.3 Å². The van der Waals surface area contributed by atoms with Crippen molar-refractivity contribution in [3.63, 3.8) is 0 Å². The average Bonchev–Trinajstić information content (AvgIpc) is 3.46. The largest absolute Gasteiger partial charge is 0.505 e. The molecule has 6 rings (SSSR count). The van der Waals surface area contributed by atoms with Gasteiger partial charge in [-0.15, -0.1) is 0 Å². The molecule has 0 N–H and O–H groups in total. The van der Waals surface area contributed by atoms with Crippen LogP contribution in [-0.4, -0.2) is 39.0 Å². The summed E-state index contributed by atoms with van der Waals surface area (Å²) in [6.45, 7) is 0. The first-order chi connectivity index (χ1) is 18.2. The highest BCUT2D eigenvalue weighted by Crippen LogP contribution is 2.37. The molecule has 0 bridgehead atoms. The van der Waals surface area contributed by atoms with Gasteiger partial charge < -0.3 is 9.47 Å². The zero-order chi connectivity index (χ0) is 25.4. The van der Waals surface area contributed by atoms with Crippen LogP contribution in [0.25, 0.3) is 50.1 Å². The van der Waals surface area contributed by atoms with E-state index in [1.807, 2.05) is 60.8 Å². The number of benzene rings is 3. The number of hydrogen-bond acceptors (Lipinski definition) is 7. The van der Waals surface area contributed by atoms with E-state index in [1.165, 1.54) is 0 Å². The van der Waals surface area contributed by atoms with Crippen molar-refractivity contribution < 1.29 is 13.7 Å². The van der Waals surface area contributed by atoms with Crippen molar-refractivity contribution in [2.24, 2.45) is 0 Å².